The number of rotatable bonds is 4. The van der Waals surface area contributed by atoms with E-state index in [1.165, 1.54) is 18.4 Å². The van der Waals surface area contributed by atoms with Crippen LogP contribution in [0, 0.1) is 0 Å². The Labute approximate surface area is 107 Å². The predicted molar refractivity (Wildman–Crippen MR) is 76.4 cm³/mol. The number of hydrogen-bond donors (Lipinski definition) is 1. The summed E-state index contributed by atoms with van der Waals surface area (Å²) in [5.74, 6) is 0. The van der Waals surface area contributed by atoms with Crippen molar-refractivity contribution in [3.05, 3.63) is 11.6 Å². The maximum atomic E-state index is 3.78. The summed E-state index contributed by atoms with van der Waals surface area (Å²) in [5.41, 5.74) is 2.00. The van der Waals surface area contributed by atoms with Gasteiger partial charge < -0.3 is 5.32 Å². The van der Waals surface area contributed by atoms with Gasteiger partial charge in [-0.2, -0.15) is 0 Å². The molecule has 0 saturated carbocycles. The number of nitrogens with one attached hydrogen (secondary N) is 1. The van der Waals surface area contributed by atoms with E-state index in [9.17, 15) is 0 Å². The molecule has 1 aliphatic rings. The van der Waals surface area contributed by atoms with Gasteiger partial charge in [0.15, 0.2) is 0 Å². The molecule has 0 aliphatic carbocycles. The molecule has 0 aromatic heterocycles. The molecule has 1 N–H and O–H groups in total. The van der Waals surface area contributed by atoms with E-state index in [1.807, 2.05) is 0 Å². The van der Waals surface area contributed by atoms with Gasteiger partial charge in [0, 0.05) is 30.7 Å². The van der Waals surface area contributed by atoms with Crippen LogP contribution in [-0.4, -0.2) is 35.6 Å². The van der Waals surface area contributed by atoms with Gasteiger partial charge in [-0.3, -0.25) is 4.90 Å². The third kappa shape index (κ3) is 3.56. The molecule has 17 heavy (non-hydrogen) atoms. The molecule has 2 heteroatoms. The molecule has 1 saturated heterocycles. The van der Waals surface area contributed by atoms with Crippen molar-refractivity contribution in [1.29, 1.82) is 0 Å². The summed E-state index contributed by atoms with van der Waals surface area (Å²) in [5, 5.41) is 3.78. The minimum Gasteiger partial charge on any atom is -0.308 e. The van der Waals surface area contributed by atoms with Crippen LogP contribution < -0.4 is 5.32 Å². The van der Waals surface area contributed by atoms with E-state index in [2.05, 4.69) is 57.8 Å². The second-order valence-corrected chi connectivity index (χ2v) is 6.32. The summed E-state index contributed by atoms with van der Waals surface area (Å²) < 4.78 is 0. The van der Waals surface area contributed by atoms with Crippen LogP contribution in [0.25, 0.3) is 0 Å². The maximum absolute atomic E-state index is 3.78. The van der Waals surface area contributed by atoms with Crippen molar-refractivity contribution in [2.45, 2.75) is 65.5 Å². The molecule has 1 rings (SSSR count). The normalized spacial score (nSPS) is 23.4. The van der Waals surface area contributed by atoms with Crippen LogP contribution in [0.5, 0.6) is 0 Å². The molecule has 0 aromatic rings. The molecule has 0 aromatic carbocycles. The van der Waals surface area contributed by atoms with Gasteiger partial charge in [-0.1, -0.05) is 25.5 Å². The van der Waals surface area contributed by atoms with Crippen LogP contribution in [-0.2, 0) is 0 Å². The molecule has 1 fully saturated rings. The van der Waals surface area contributed by atoms with Gasteiger partial charge in [-0.25, -0.2) is 0 Å². The molecule has 100 valence electrons. The van der Waals surface area contributed by atoms with Crippen LogP contribution >= 0.6 is 0 Å². The first kappa shape index (κ1) is 14.7. The average molecular weight is 238 g/mol. The minimum atomic E-state index is 0.264. The van der Waals surface area contributed by atoms with Gasteiger partial charge in [0.05, 0.1) is 0 Å². The van der Waals surface area contributed by atoms with Crippen LogP contribution in [0.4, 0.5) is 0 Å². The van der Waals surface area contributed by atoms with E-state index < -0.39 is 0 Å². The highest BCUT2D eigenvalue weighted by Crippen LogP contribution is 2.27. The van der Waals surface area contributed by atoms with Crippen molar-refractivity contribution in [3.8, 4) is 0 Å². The minimum absolute atomic E-state index is 0.264. The van der Waals surface area contributed by atoms with E-state index in [4.69, 9.17) is 0 Å². The quantitative estimate of drug-likeness (QED) is 0.757. The molecular formula is C15H30N2. The lowest BCUT2D eigenvalue weighted by Crippen LogP contribution is -2.67. The Balaban J connectivity index is 2.78. The molecule has 0 spiro atoms. The van der Waals surface area contributed by atoms with Gasteiger partial charge in [0.25, 0.3) is 0 Å². The largest absolute Gasteiger partial charge is 0.308 e. The van der Waals surface area contributed by atoms with E-state index in [-0.39, 0.29) is 5.54 Å². The van der Waals surface area contributed by atoms with Crippen molar-refractivity contribution in [1.82, 2.24) is 10.2 Å². The fraction of sp³-hybridized carbons (Fsp3) is 0.867. The van der Waals surface area contributed by atoms with Crippen molar-refractivity contribution in [2.24, 2.45) is 0 Å². The molecule has 0 unspecified atom stereocenters. The molecule has 1 heterocycles. The first-order chi connectivity index (χ1) is 7.85. The molecule has 0 radical (unpaired) electrons. The zero-order valence-electron chi connectivity index (χ0n) is 12.6. The topological polar surface area (TPSA) is 15.3 Å². The molecule has 0 bridgehead atoms. The number of nitrogens with zero attached hydrogens (tertiary/aromatic N) is 1. The standard InChI is InChI=1S/C15H30N2/c1-7-15(8-2)12-17(10-9-13(3)4)14(5,6)11-16-15/h9,16H,7-8,10-12H2,1-6H3. The Hall–Kier alpha value is -0.340. The predicted octanol–water partition coefficient (Wildman–Crippen LogP) is 3.20. The zero-order chi connectivity index (χ0) is 13.1. The Morgan fingerprint density at radius 1 is 1.24 bits per heavy atom. The summed E-state index contributed by atoms with van der Waals surface area (Å²) in [6, 6.07) is 0. The van der Waals surface area contributed by atoms with E-state index in [0.717, 1.165) is 19.6 Å². The smallest absolute Gasteiger partial charge is 0.0304 e. The average Bonchev–Trinajstić information content (AvgIpc) is 2.28. The SMILES string of the molecule is CCC1(CC)CN(CC=C(C)C)C(C)(C)CN1. The monoisotopic (exact) mass is 238 g/mol. The Bertz CT molecular complexity index is 271. The second-order valence-electron chi connectivity index (χ2n) is 6.32. The summed E-state index contributed by atoms with van der Waals surface area (Å²) in [4.78, 5) is 2.63. The summed E-state index contributed by atoms with van der Waals surface area (Å²) in [7, 11) is 0. The van der Waals surface area contributed by atoms with E-state index in [0.29, 0.717) is 5.54 Å². The molecule has 0 atom stereocenters. The van der Waals surface area contributed by atoms with Gasteiger partial charge in [0.2, 0.25) is 0 Å². The summed E-state index contributed by atoms with van der Waals surface area (Å²) >= 11 is 0. The molecular weight excluding hydrogens is 208 g/mol. The molecule has 1 aliphatic heterocycles. The number of piperazine rings is 1. The summed E-state index contributed by atoms with van der Waals surface area (Å²) in [6.45, 7) is 17.0. The highest BCUT2D eigenvalue weighted by molar-refractivity contribution is 5.04. The van der Waals surface area contributed by atoms with Gasteiger partial charge in [-0.05, 0) is 40.5 Å². The van der Waals surface area contributed by atoms with Crippen molar-refractivity contribution in [3.63, 3.8) is 0 Å². The highest BCUT2D eigenvalue weighted by Gasteiger charge is 2.40. The first-order valence-electron chi connectivity index (χ1n) is 6.98. The van der Waals surface area contributed by atoms with Crippen molar-refractivity contribution < 1.29 is 0 Å². The molecule has 2 nitrogen and oxygen atoms in total. The van der Waals surface area contributed by atoms with Crippen LogP contribution in [0.3, 0.4) is 0 Å². The van der Waals surface area contributed by atoms with Crippen LogP contribution in [0.2, 0.25) is 0 Å². The van der Waals surface area contributed by atoms with E-state index >= 15 is 0 Å². The third-order valence-electron chi connectivity index (χ3n) is 4.32. The van der Waals surface area contributed by atoms with Gasteiger partial charge in [-0.15, -0.1) is 0 Å². The number of hydrogen-bond acceptors (Lipinski definition) is 2. The maximum Gasteiger partial charge on any atom is 0.0304 e. The highest BCUT2D eigenvalue weighted by atomic mass is 15.3. The Morgan fingerprint density at radius 3 is 2.29 bits per heavy atom. The fourth-order valence-electron chi connectivity index (χ4n) is 2.48. The molecule has 0 amide bonds. The zero-order valence-corrected chi connectivity index (χ0v) is 12.6. The number of allylic oxidation sites excluding steroid dienone is 1. The Morgan fingerprint density at radius 2 is 1.82 bits per heavy atom. The van der Waals surface area contributed by atoms with E-state index in [1.54, 1.807) is 0 Å². The second kappa shape index (κ2) is 5.53. The van der Waals surface area contributed by atoms with Crippen LogP contribution in [0.15, 0.2) is 11.6 Å². The lowest BCUT2D eigenvalue weighted by Gasteiger charge is -2.51. The lowest BCUT2D eigenvalue weighted by molar-refractivity contribution is 0.0321. The van der Waals surface area contributed by atoms with Crippen molar-refractivity contribution >= 4 is 0 Å². The lowest BCUT2D eigenvalue weighted by atomic mass is 9.85. The summed E-state index contributed by atoms with van der Waals surface area (Å²) in [6.07, 6.45) is 4.78. The first-order valence-corrected chi connectivity index (χ1v) is 6.98. The van der Waals surface area contributed by atoms with Gasteiger partial charge >= 0.3 is 0 Å². The third-order valence-corrected chi connectivity index (χ3v) is 4.32. The fourth-order valence-corrected chi connectivity index (χ4v) is 2.48. The van der Waals surface area contributed by atoms with Gasteiger partial charge in [0.1, 0.15) is 0 Å². The Kier molecular flexibility index (Phi) is 4.79. The van der Waals surface area contributed by atoms with Crippen LogP contribution in [0.1, 0.15) is 54.4 Å². The van der Waals surface area contributed by atoms with Crippen molar-refractivity contribution in [2.75, 3.05) is 19.6 Å².